The van der Waals surface area contributed by atoms with Gasteiger partial charge >= 0.3 is 0 Å². The van der Waals surface area contributed by atoms with Gasteiger partial charge in [-0.25, -0.2) is 0 Å². The topological polar surface area (TPSA) is 49.4 Å². The summed E-state index contributed by atoms with van der Waals surface area (Å²) >= 11 is 8.02. The van der Waals surface area contributed by atoms with Crippen molar-refractivity contribution in [1.29, 1.82) is 0 Å². The van der Waals surface area contributed by atoms with Crippen molar-refractivity contribution >= 4 is 35.2 Å². The Bertz CT molecular complexity index is 1120. The lowest BCUT2D eigenvalue weighted by Gasteiger charge is -2.32. The molecule has 0 saturated heterocycles. The molecule has 0 fully saturated rings. The first-order valence-electron chi connectivity index (χ1n) is 11.8. The first-order chi connectivity index (χ1) is 16.8. The molecule has 1 unspecified atom stereocenters. The largest absolute Gasteiger partial charge is 0.352 e. The normalized spacial score (nSPS) is 11.8. The third kappa shape index (κ3) is 8.15. The van der Waals surface area contributed by atoms with Crippen molar-refractivity contribution in [3.8, 4) is 0 Å². The van der Waals surface area contributed by atoms with Crippen molar-refractivity contribution in [2.24, 2.45) is 0 Å². The number of hydrogen-bond acceptors (Lipinski definition) is 3. The summed E-state index contributed by atoms with van der Waals surface area (Å²) in [6.45, 7) is 6.20. The number of nitrogens with one attached hydrogen (secondary N) is 1. The average molecular weight is 509 g/mol. The van der Waals surface area contributed by atoms with Gasteiger partial charge in [-0.3, -0.25) is 9.59 Å². The second-order valence-electron chi connectivity index (χ2n) is 8.90. The molecule has 4 nitrogen and oxygen atoms in total. The minimum absolute atomic E-state index is 0.0338. The molecule has 0 aliphatic rings. The highest BCUT2D eigenvalue weighted by molar-refractivity contribution is 7.99. The molecule has 3 aromatic rings. The van der Waals surface area contributed by atoms with Gasteiger partial charge in [-0.1, -0.05) is 84.4 Å². The number of thioether (sulfide) groups is 1. The van der Waals surface area contributed by atoms with Crippen LogP contribution in [0.25, 0.3) is 0 Å². The highest BCUT2D eigenvalue weighted by atomic mass is 35.5. The summed E-state index contributed by atoms with van der Waals surface area (Å²) in [4.78, 5) is 28.7. The summed E-state index contributed by atoms with van der Waals surface area (Å²) in [5.41, 5.74) is 4.24. The van der Waals surface area contributed by atoms with Gasteiger partial charge in [0.2, 0.25) is 11.8 Å². The Morgan fingerprint density at radius 2 is 1.54 bits per heavy atom. The third-order valence-corrected chi connectivity index (χ3v) is 7.08. The summed E-state index contributed by atoms with van der Waals surface area (Å²) in [5.74, 6) is 0.773. The van der Waals surface area contributed by atoms with Gasteiger partial charge in [0.1, 0.15) is 6.04 Å². The van der Waals surface area contributed by atoms with Gasteiger partial charge in [0, 0.05) is 29.8 Å². The van der Waals surface area contributed by atoms with Crippen molar-refractivity contribution in [1.82, 2.24) is 10.2 Å². The van der Waals surface area contributed by atoms with Gasteiger partial charge in [-0.15, -0.1) is 11.8 Å². The number of benzene rings is 3. The molecule has 0 aliphatic carbocycles. The van der Waals surface area contributed by atoms with Gasteiger partial charge in [-0.2, -0.15) is 0 Å². The summed E-state index contributed by atoms with van der Waals surface area (Å²) < 4.78 is 0. The van der Waals surface area contributed by atoms with Crippen molar-refractivity contribution < 1.29 is 9.59 Å². The fraction of sp³-hybridized carbons (Fsp3) is 0.310. The van der Waals surface area contributed by atoms with E-state index in [-0.39, 0.29) is 30.2 Å². The Morgan fingerprint density at radius 1 is 0.914 bits per heavy atom. The molecule has 0 radical (unpaired) electrons. The minimum atomic E-state index is -0.650. The summed E-state index contributed by atoms with van der Waals surface area (Å²) in [7, 11) is 0. The Morgan fingerprint density at radius 3 is 2.20 bits per heavy atom. The fourth-order valence-corrected chi connectivity index (χ4v) is 5.03. The Balaban J connectivity index is 1.86. The van der Waals surface area contributed by atoms with E-state index in [0.29, 0.717) is 11.4 Å². The lowest BCUT2D eigenvalue weighted by Crippen LogP contribution is -2.52. The van der Waals surface area contributed by atoms with Crippen LogP contribution in [0.4, 0.5) is 0 Å². The van der Waals surface area contributed by atoms with Crippen LogP contribution in [0.5, 0.6) is 0 Å². The lowest BCUT2D eigenvalue weighted by atomic mass is 10.0. The summed E-state index contributed by atoms with van der Waals surface area (Å²) in [6, 6.07) is 24.8. The molecule has 3 aromatic carbocycles. The predicted molar refractivity (Wildman–Crippen MR) is 147 cm³/mol. The highest BCUT2D eigenvalue weighted by Crippen LogP contribution is 2.22. The molecule has 1 atom stereocenters. The zero-order valence-corrected chi connectivity index (χ0v) is 22.1. The van der Waals surface area contributed by atoms with Gasteiger partial charge in [0.25, 0.3) is 0 Å². The maximum Gasteiger partial charge on any atom is 0.243 e. The zero-order valence-electron chi connectivity index (χ0n) is 20.5. The molecule has 184 valence electrons. The van der Waals surface area contributed by atoms with E-state index < -0.39 is 6.04 Å². The lowest BCUT2D eigenvalue weighted by molar-refractivity contribution is -0.139. The molecule has 35 heavy (non-hydrogen) atoms. The molecule has 0 aliphatic heterocycles. The molecule has 0 aromatic heterocycles. The van der Waals surface area contributed by atoms with Crippen molar-refractivity contribution in [3.63, 3.8) is 0 Å². The molecule has 1 N–H and O–H groups in total. The predicted octanol–water partition coefficient (Wildman–Crippen LogP) is 6.05. The number of nitrogens with zero attached hydrogens (tertiary/aromatic N) is 1. The minimum Gasteiger partial charge on any atom is -0.352 e. The van der Waals surface area contributed by atoms with Crippen LogP contribution in [0.3, 0.4) is 0 Å². The van der Waals surface area contributed by atoms with E-state index in [1.54, 1.807) is 16.7 Å². The first kappa shape index (κ1) is 26.8. The van der Waals surface area contributed by atoms with E-state index in [9.17, 15) is 9.59 Å². The van der Waals surface area contributed by atoms with E-state index in [1.165, 1.54) is 11.1 Å². The second kappa shape index (κ2) is 13.4. The van der Waals surface area contributed by atoms with E-state index in [0.717, 1.165) is 16.9 Å². The molecule has 0 saturated carbocycles. The maximum atomic E-state index is 13.6. The molecule has 0 heterocycles. The number of carbonyl (C=O) groups excluding carboxylic acids is 2. The van der Waals surface area contributed by atoms with Crippen LogP contribution in [0.2, 0.25) is 5.02 Å². The van der Waals surface area contributed by atoms with Crippen LogP contribution in [0, 0.1) is 6.92 Å². The maximum absolute atomic E-state index is 13.6. The number of amides is 2. The van der Waals surface area contributed by atoms with E-state index in [2.05, 4.69) is 24.4 Å². The van der Waals surface area contributed by atoms with E-state index in [1.807, 2.05) is 80.6 Å². The van der Waals surface area contributed by atoms with Gasteiger partial charge in [0.05, 0.1) is 5.75 Å². The Labute approximate surface area is 218 Å². The number of hydrogen-bond donors (Lipinski definition) is 1. The smallest absolute Gasteiger partial charge is 0.243 e. The van der Waals surface area contributed by atoms with Gasteiger partial charge < -0.3 is 10.2 Å². The summed E-state index contributed by atoms with van der Waals surface area (Å²) in [5, 5.41) is 3.60. The Kier molecular flexibility index (Phi) is 10.2. The first-order valence-corrected chi connectivity index (χ1v) is 13.4. The zero-order chi connectivity index (χ0) is 25.2. The summed E-state index contributed by atoms with van der Waals surface area (Å²) in [6.07, 6.45) is 0.429. The molecule has 6 heteroatoms. The monoisotopic (exact) mass is 508 g/mol. The van der Waals surface area contributed by atoms with Crippen molar-refractivity contribution in [2.45, 2.75) is 51.6 Å². The van der Waals surface area contributed by atoms with Crippen molar-refractivity contribution in [3.05, 3.63) is 106 Å². The molecule has 3 rings (SSSR count). The van der Waals surface area contributed by atoms with Crippen LogP contribution in [-0.2, 0) is 28.3 Å². The number of halogens is 1. The number of carbonyl (C=O) groups is 2. The number of rotatable bonds is 11. The van der Waals surface area contributed by atoms with Gasteiger partial charge in [-0.05, 0) is 49.1 Å². The van der Waals surface area contributed by atoms with Crippen molar-refractivity contribution in [2.75, 3.05) is 5.75 Å². The second-order valence-corrected chi connectivity index (χ2v) is 10.3. The van der Waals surface area contributed by atoms with Crippen LogP contribution in [0.15, 0.2) is 78.9 Å². The molecular formula is C29H33ClN2O2S. The molecule has 0 spiro atoms. The molecule has 2 amide bonds. The molecular weight excluding hydrogens is 476 g/mol. The van der Waals surface area contributed by atoms with E-state index in [4.69, 9.17) is 11.6 Å². The average Bonchev–Trinajstić information content (AvgIpc) is 2.83. The SMILES string of the molecule is Cc1ccccc1CSCC(=O)N(Cc1ccccc1Cl)C(Cc1ccccc1)C(=O)NC(C)C. The highest BCUT2D eigenvalue weighted by Gasteiger charge is 2.31. The standard InChI is InChI=1S/C29H33ClN2O2S/c1-21(2)31-29(34)27(17-23-12-5-4-6-13-23)32(18-24-14-9-10-16-26(24)30)28(33)20-35-19-25-15-8-7-11-22(25)3/h4-16,21,27H,17-20H2,1-3H3,(H,31,34). The van der Waals surface area contributed by atoms with Crippen LogP contribution in [0.1, 0.15) is 36.1 Å². The van der Waals surface area contributed by atoms with Crippen LogP contribution < -0.4 is 5.32 Å². The van der Waals surface area contributed by atoms with Crippen LogP contribution in [-0.4, -0.2) is 34.6 Å². The quantitative estimate of drug-likeness (QED) is 0.343. The fourth-order valence-electron chi connectivity index (χ4n) is 3.85. The van der Waals surface area contributed by atoms with E-state index >= 15 is 0 Å². The third-order valence-electron chi connectivity index (χ3n) is 5.74. The number of aryl methyl sites for hydroxylation is 1. The Hall–Kier alpha value is -2.76. The molecule has 0 bridgehead atoms. The van der Waals surface area contributed by atoms with Gasteiger partial charge in [0.15, 0.2) is 0 Å². The van der Waals surface area contributed by atoms with Crippen LogP contribution >= 0.6 is 23.4 Å².